The molecule has 6 heteroatoms. The molecule has 1 N–H and O–H groups in total. The van der Waals surface area contributed by atoms with Gasteiger partial charge in [0.2, 0.25) is 0 Å². The predicted molar refractivity (Wildman–Crippen MR) is 119 cm³/mol. The Kier molecular flexibility index (Phi) is 5.21. The lowest BCUT2D eigenvalue weighted by molar-refractivity contribution is 0.102. The number of para-hydroxylation sites is 1. The minimum Gasteiger partial charge on any atom is -0.320 e. The molecule has 0 aliphatic heterocycles. The van der Waals surface area contributed by atoms with Crippen molar-refractivity contribution in [3.8, 4) is 0 Å². The molecule has 4 rings (SSSR count). The maximum absolute atomic E-state index is 13.0. The number of fused-ring (bicyclic) bond motifs is 1. The number of hydrogen-bond acceptors (Lipinski definition) is 3. The third-order valence-electron chi connectivity index (χ3n) is 4.38. The van der Waals surface area contributed by atoms with E-state index in [2.05, 4.69) is 33.0 Å². The number of nitrogens with zero attached hydrogens (tertiary/aromatic N) is 2. The number of anilines is 1. The molecule has 0 aliphatic rings. The number of rotatable bonds is 4. The quantitative estimate of drug-likeness (QED) is 0.443. The molecule has 5 nitrogen and oxygen atoms in total. The van der Waals surface area contributed by atoms with Crippen LogP contribution < -0.4 is 10.9 Å². The van der Waals surface area contributed by atoms with Gasteiger partial charge in [-0.1, -0.05) is 60.7 Å². The molecule has 0 saturated heterocycles. The van der Waals surface area contributed by atoms with E-state index in [1.165, 1.54) is 4.68 Å². The van der Waals surface area contributed by atoms with Crippen LogP contribution in [0.5, 0.6) is 0 Å². The Hall–Kier alpha value is -3.00. The van der Waals surface area contributed by atoms with Gasteiger partial charge < -0.3 is 5.32 Å². The van der Waals surface area contributed by atoms with Crippen LogP contribution >= 0.6 is 22.6 Å². The van der Waals surface area contributed by atoms with E-state index >= 15 is 0 Å². The summed E-state index contributed by atoms with van der Waals surface area (Å²) in [5.41, 5.74) is 1.66. The van der Waals surface area contributed by atoms with Crippen molar-refractivity contribution in [3.05, 3.63) is 104 Å². The molecule has 3 aromatic carbocycles. The van der Waals surface area contributed by atoms with Crippen molar-refractivity contribution >= 4 is 45.0 Å². The maximum Gasteiger partial charge on any atom is 0.276 e. The molecule has 0 radical (unpaired) electrons. The summed E-state index contributed by atoms with van der Waals surface area (Å²) in [5.74, 6) is -0.345. The fourth-order valence-corrected chi connectivity index (χ4v) is 3.53. The van der Waals surface area contributed by atoms with Gasteiger partial charge >= 0.3 is 0 Å². The van der Waals surface area contributed by atoms with Crippen molar-refractivity contribution in [3.63, 3.8) is 0 Å². The first kappa shape index (κ1) is 18.4. The van der Waals surface area contributed by atoms with E-state index in [1.807, 2.05) is 54.6 Å². The number of carbonyl (C=O) groups is 1. The zero-order chi connectivity index (χ0) is 19.5. The average Bonchev–Trinajstić information content (AvgIpc) is 2.72. The molecule has 4 aromatic rings. The molecule has 0 unspecified atom stereocenters. The van der Waals surface area contributed by atoms with Crippen LogP contribution in [0.15, 0.2) is 83.7 Å². The molecule has 138 valence electrons. The van der Waals surface area contributed by atoms with Crippen LogP contribution in [0.3, 0.4) is 0 Å². The summed E-state index contributed by atoms with van der Waals surface area (Å²) in [7, 11) is 0. The fourth-order valence-electron chi connectivity index (χ4n) is 3.01. The van der Waals surface area contributed by atoms with Gasteiger partial charge in [-0.25, -0.2) is 4.68 Å². The molecule has 0 saturated carbocycles. The summed E-state index contributed by atoms with van der Waals surface area (Å²) in [4.78, 5) is 25.9. The molecule has 0 bridgehead atoms. The van der Waals surface area contributed by atoms with Crippen molar-refractivity contribution in [1.82, 2.24) is 9.78 Å². The standard InChI is InChI=1S/C22H16IN3O2/c23-18-12-6-7-13-19(18)24-21(27)20-16-10-4-5-11-17(16)22(28)26(25-20)14-15-8-2-1-3-9-15/h1-13H,14H2,(H,24,27). The largest absolute Gasteiger partial charge is 0.320 e. The zero-order valence-corrected chi connectivity index (χ0v) is 17.0. The first-order chi connectivity index (χ1) is 13.6. The zero-order valence-electron chi connectivity index (χ0n) is 14.8. The van der Waals surface area contributed by atoms with Gasteiger partial charge in [-0.3, -0.25) is 9.59 Å². The second-order valence-electron chi connectivity index (χ2n) is 6.28. The topological polar surface area (TPSA) is 64.0 Å². The van der Waals surface area contributed by atoms with E-state index in [4.69, 9.17) is 0 Å². The first-order valence-corrected chi connectivity index (χ1v) is 9.81. The first-order valence-electron chi connectivity index (χ1n) is 8.73. The smallest absolute Gasteiger partial charge is 0.276 e. The summed E-state index contributed by atoms with van der Waals surface area (Å²) >= 11 is 2.17. The Morgan fingerprint density at radius 1 is 0.893 bits per heavy atom. The summed E-state index contributed by atoms with van der Waals surface area (Å²) in [6, 6.07) is 24.2. The van der Waals surface area contributed by atoms with Gasteiger partial charge in [0.15, 0.2) is 5.69 Å². The van der Waals surface area contributed by atoms with E-state index in [0.29, 0.717) is 23.0 Å². The highest BCUT2D eigenvalue weighted by molar-refractivity contribution is 14.1. The van der Waals surface area contributed by atoms with Crippen LogP contribution in [0.25, 0.3) is 10.8 Å². The van der Waals surface area contributed by atoms with Crippen molar-refractivity contribution in [2.24, 2.45) is 0 Å². The molecule has 1 aromatic heterocycles. The van der Waals surface area contributed by atoms with Gasteiger partial charge in [0.1, 0.15) is 0 Å². The number of halogens is 1. The highest BCUT2D eigenvalue weighted by Gasteiger charge is 2.17. The van der Waals surface area contributed by atoms with Gasteiger partial charge in [-0.15, -0.1) is 0 Å². The number of amides is 1. The summed E-state index contributed by atoms with van der Waals surface area (Å²) < 4.78 is 2.28. The molecule has 1 heterocycles. The number of aromatic nitrogens is 2. The number of carbonyl (C=O) groups excluding carboxylic acids is 1. The van der Waals surface area contributed by atoms with E-state index in [1.54, 1.807) is 24.3 Å². The summed E-state index contributed by atoms with van der Waals surface area (Å²) in [6.45, 7) is 0.299. The Labute approximate surface area is 175 Å². The van der Waals surface area contributed by atoms with Crippen molar-refractivity contribution in [1.29, 1.82) is 0 Å². The molecule has 1 amide bonds. The molecular weight excluding hydrogens is 465 g/mol. The Morgan fingerprint density at radius 3 is 2.29 bits per heavy atom. The van der Waals surface area contributed by atoms with Crippen LogP contribution in [0.1, 0.15) is 16.1 Å². The molecule has 0 aliphatic carbocycles. The van der Waals surface area contributed by atoms with E-state index in [-0.39, 0.29) is 17.2 Å². The SMILES string of the molecule is O=C(Nc1ccccc1I)c1nn(Cc2ccccc2)c(=O)c2ccccc12. The highest BCUT2D eigenvalue weighted by atomic mass is 127. The Bertz CT molecular complexity index is 1220. The lowest BCUT2D eigenvalue weighted by Gasteiger charge is -2.12. The third kappa shape index (κ3) is 3.68. The summed E-state index contributed by atoms with van der Waals surface area (Å²) in [5, 5.41) is 8.33. The lowest BCUT2D eigenvalue weighted by atomic mass is 10.1. The lowest BCUT2D eigenvalue weighted by Crippen LogP contribution is -2.28. The van der Waals surface area contributed by atoms with Crippen LogP contribution in [0.2, 0.25) is 0 Å². The monoisotopic (exact) mass is 481 g/mol. The fraction of sp³-hybridized carbons (Fsp3) is 0.0455. The van der Waals surface area contributed by atoms with Gasteiger partial charge in [0.25, 0.3) is 11.5 Å². The Morgan fingerprint density at radius 2 is 1.54 bits per heavy atom. The van der Waals surface area contributed by atoms with Gasteiger partial charge in [-0.2, -0.15) is 5.10 Å². The maximum atomic E-state index is 13.0. The predicted octanol–water partition coefficient (Wildman–Crippen LogP) is 4.30. The molecular formula is C22H16IN3O2. The van der Waals surface area contributed by atoms with Crippen LogP contribution in [0, 0.1) is 3.57 Å². The number of benzene rings is 3. The normalized spacial score (nSPS) is 10.8. The van der Waals surface area contributed by atoms with E-state index in [0.717, 1.165) is 9.13 Å². The van der Waals surface area contributed by atoms with Crippen LogP contribution in [-0.4, -0.2) is 15.7 Å². The molecule has 28 heavy (non-hydrogen) atoms. The van der Waals surface area contributed by atoms with Crippen LogP contribution in [0.4, 0.5) is 5.69 Å². The highest BCUT2D eigenvalue weighted by Crippen LogP contribution is 2.20. The third-order valence-corrected chi connectivity index (χ3v) is 5.32. The molecule has 0 spiro atoms. The minimum atomic E-state index is -0.345. The van der Waals surface area contributed by atoms with Gasteiger partial charge in [-0.05, 0) is 46.4 Å². The minimum absolute atomic E-state index is 0.217. The van der Waals surface area contributed by atoms with Gasteiger partial charge in [0, 0.05) is 8.96 Å². The van der Waals surface area contributed by atoms with Gasteiger partial charge in [0.05, 0.1) is 17.6 Å². The Balaban J connectivity index is 1.81. The number of nitrogens with one attached hydrogen (secondary N) is 1. The second kappa shape index (κ2) is 7.93. The summed E-state index contributed by atoms with van der Waals surface area (Å²) in [6.07, 6.45) is 0. The van der Waals surface area contributed by atoms with Crippen LogP contribution in [-0.2, 0) is 6.54 Å². The van der Waals surface area contributed by atoms with Crippen molar-refractivity contribution in [2.75, 3.05) is 5.32 Å². The second-order valence-corrected chi connectivity index (χ2v) is 7.44. The van der Waals surface area contributed by atoms with Crippen molar-refractivity contribution in [2.45, 2.75) is 6.54 Å². The molecule has 0 fully saturated rings. The average molecular weight is 481 g/mol. The van der Waals surface area contributed by atoms with E-state index < -0.39 is 0 Å². The number of hydrogen-bond donors (Lipinski definition) is 1. The van der Waals surface area contributed by atoms with E-state index in [9.17, 15) is 9.59 Å². The van der Waals surface area contributed by atoms with Crippen molar-refractivity contribution < 1.29 is 4.79 Å². The molecule has 0 atom stereocenters.